The van der Waals surface area contributed by atoms with Crippen molar-refractivity contribution >= 4 is 29.3 Å². The summed E-state index contributed by atoms with van der Waals surface area (Å²) >= 11 is 1.35. The minimum Gasteiger partial charge on any atom is -0.349 e. The van der Waals surface area contributed by atoms with Gasteiger partial charge in [-0.05, 0) is 49.9 Å². The van der Waals surface area contributed by atoms with Crippen molar-refractivity contribution in [2.24, 2.45) is 0 Å². The zero-order valence-corrected chi connectivity index (χ0v) is 19.1. The summed E-state index contributed by atoms with van der Waals surface area (Å²) in [6, 6.07) is 11.6. The van der Waals surface area contributed by atoms with Crippen LogP contribution in [0.25, 0.3) is 11.4 Å². The van der Waals surface area contributed by atoms with Crippen molar-refractivity contribution in [3.8, 4) is 11.4 Å². The number of amides is 2. The number of rotatable bonds is 8. The number of carbonyl (C=O) groups is 2. The second kappa shape index (κ2) is 9.74. The maximum atomic E-state index is 12.8. The number of anilines is 1. The van der Waals surface area contributed by atoms with Gasteiger partial charge in [-0.15, -0.1) is 10.2 Å². The summed E-state index contributed by atoms with van der Waals surface area (Å²) in [5, 5.41) is 15.4. The standard InChI is InChI=1S/C24H26N6O2S/c31-21(27-20-10-4-3-9-19(20)23(32)26-17-7-1-2-8-17)15-33-24-29-28-22(30(24)18-11-12-18)16-6-5-13-25-14-16/h3-6,9-10,13-14,17-18H,1-2,7-8,11-12,15H2,(H,26,32)(H,27,31). The molecule has 5 rings (SSSR count). The predicted molar refractivity (Wildman–Crippen MR) is 127 cm³/mol. The molecule has 2 aliphatic rings. The molecule has 0 unspecified atom stereocenters. The van der Waals surface area contributed by atoms with E-state index in [1.807, 2.05) is 24.3 Å². The number of para-hydroxylation sites is 1. The molecule has 1 aromatic carbocycles. The Bertz CT molecular complexity index is 1140. The molecular formula is C24H26N6O2S. The van der Waals surface area contributed by atoms with E-state index in [4.69, 9.17) is 0 Å². The van der Waals surface area contributed by atoms with Crippen LogP contribution >= 0.6 is 11.8 Å². The molecule has 0 aliphatic heterocycles. The Morgan fingerprint density at radius 2 is 1.85 bits per heavy atom. The third-order valence-electron chi connectivity index (χ3n) is 5.96. The molecule has 170 valence electrons. The molecule has 8 nitrogen and oxygen atoms in total. The maximum absolute atomic E-state index is 12.8. The Morgan fingerprint density at radius 1 is 1.03 bits per heavy atom. The van der Waals surface area contributed by atoms with Crippen molar-refractivity contribution in [2.45, 2.75) is 55.8 Å². The number of carbonyl (C=O) groups excluding carboxylic acids is 2. The molecule has 33 heavy (non-hydrogen) atoms. The highest BCUT2D eigenvalue weighted by Crippen LogP contribution is 2.41. The summed E-state index contributed by atoms with van der Waals surface area (Å²) in [6.45, 7) is 0. The number of nitrogens with zero attached hydrogens (tertiary/aromatic N) is 4. The number of nitrogens with one attached hydrogen (secondary N) is 2. The third-order valence-corrected chi connectivity index (χ3v) is 6.91. The number of hydrogen-bond donors (Lipinski definition) is 2. The van der Waals surface area contributed by atoms with Crippen molar-refractivity contribution in [3.05, 3.63) is 54.4 Å². The number of benzene rings is 1. The van der Waals surface area contributed by atoms with Gasteiger partial charge in [-0.3, -0.25) is 19.1 Å². The zero-order valence-electron chi connectivity index (χ0n) is 18.2. The molecule has 2 N–H and O–H groups in total. The van der Waals surface area contributed by atoms with E-state index in [9.17, 15) is 9.59 Å². The molecule has 3 aromatic rings. The van der Waals surface area contributed by atoms with Gasteiger partial charge >= 0.3 is 0 Å². The fourth-order valence-corrected chi connectivity index (χ4v) is 4.97. The molecule has 2 aliphatic carbocycles. The van der Waals surface area contributed by atoms with Crippen molar-refractivity contribution in [3.63, 3.8) is 0 Å². The monoisotopic (exact) mass is 462 g/mol. The molecule has 0 atom stereocenters. The largest absolute Gasteiger partial charge is 0.349 e. The normalized spacial score (nSPS) is 16.0. The van der Waals surface area contributed by atoms with E-state index in [1.54, 1.807) is 24.5 Å². The smallest absolute Gasteiger partial charge is 0.253 e. The van der Waals surface area contributed by atoms with Gasteiger partial charge < -0.3 is 10.6 Å². The quantitative estimate of drug-likeness (QED) is 0.489. The summed E-state index contributed by atoms with van der Waals surface area (Å²) in [5.41, 5.74) is 1.93. The molecule has 0 saturated heterocycles. The van der Waals surface area contributed by atoms with Crippen molar-refractivity contribution < 1.29 is 9.59 Å². The lowest BCUT2D eigenvalue weighted by atomic mass is 10.1. The van der Waals surface area contributed by atoms with Crippen LogP contribution in [-0.4, -0.2) is 43.4 Å². The van der Waals surface area contributed by atoms with Crippen LogP contribution < -0.4 is 10.6 Å². The van der Waals surface area contributed by atoms with E-state index in [0.29, 0.717) is 17.3 Å². The summed E-state index contributed by atoms with van der Waals surface area (Å²) in [6.07, 6.45) is 9.98. The summed E-state index contributed by atoms with van der Waals surface area (Å²) < 4.78 is 2.11. The lowest BCUT2D eigenvalue weighted by Crippen LogP contribution is -2.33. The van der Waals surface area contributed by atoms with E-state index in [0.717, 1.165) is 55.1 Å². The van der Waals surface area contributed by atoms with Gasteiger partial charge in [0.05, 0.1) is 17.0 Å². The summed E-state index contributed by atoms with van der Waals surface area (Å²) in [4.78, 5) is 29.7. The lowest BCUT2D eigenvalue weighted by Gasteiger charge is -2.15. The van der Waals surface area contributed by atoms with Gasteiger partial charge in [0.2, 0.25) is 5.91 Å². The second-order valence-electron chi connectivity index (χ2n) is 8.49. The Morgan fingerprint density at radius 3 is 2.61 bits per heavy atom. The van der Waals surface area contributed by atoms with Gasteiger partial charge in [0.15, 0.2) is 11.0 Å². The first-order valence-electron chi connectivity index (χ1n) is 11.4. The SMILES string of the molecule is O=C(CSc1nnc(-c2cccnc2)n1C1CC1)Nc1ccccc1C(=O)NC1CCCC1. The topological polar surface area (TPSA) is 102 Å². The van der Waals surface area contributed by atoms with E-state index in [2.05, 4.69) is 30.4 Å². The molecule has 2 fully saturated rings. The van der Waals surface area contributed by atoms with E-state index in [-0.39, 0.29) is 23.6 Å². The van der Waals surface area contributed by atoms with Gasteiger partial charge in [0.25, 0.3) is 5.91 Å². The highest BCUT2D eigenvalue weighted by atomic mass is 32.2. The molecule has 0 radical (unpaired) electrons. The third kappa shape index (κ3) is 5.08. The number of thioether (sulfide) groups is 1. The van der Waals surface area contributed by atoms with Gasteiger partial charge in [0.1, 0.15) is 0 Å². The van der Waals surface area contributed by atoms with E-state index >= 15 is 0 Å². The Labute approximate surface area is 196 Å². The van der Waals surface area contributed by atoms with Crippen molar-refractivity contribution in [2.75, 3.05) is 11.1 Å². The molecular weight excluding hydrogens is 436 g/mol. The maximum Gasteiger partial charge on any atom is 0.253 e. The van der Waals surface area contributed by atoms with Gasteiger partial charge in [-0.1, -0.05) is 36.7 Å². The van der Waals surface area contributed by atoms with Gasteiger partial charge in [-0.25, -0.2) is 0 Å². The molecule has 2 saturated carbocycles. The summed E-state index contributed by atoms with van der Waals surface area (Å²) in [7, 11) is 0. The molecule has 2 heterocycles. The van der Waals surface area contributed by atoms with Crippen LogP contribution in [0.5, 0.6) is 0 Å². The Hall–Kier alpha value is -3.20. The predicted octanol–water partition coefficient (Wildman–Crippen LogP) is 4.08. The highest BCUT2D eigenvalue weighted by Gasteiger charge is 2.30. The number of hydrogen-bond acceptors (Lipinski definition) is 6. The minimum absolute atomic E-state index is 0.139. The van der Waals surface area contributed by atoms with Gasteiger partial charge in [-0.2, -0.15) is 0 Å². The molecule has 2 amide bonds. The fourth-order valence-electron chi connectivity index (χ4n) is 4.17. The number of aromatic nitrogens is 4. The minimum atomic E-state index is -0.186. The van der Waals surface area contributed by atoms with Crippen LogP contribution in [0.2, 0.25) is 0 Å². The van der Waals surface area contributed by atoms with Gasteiger partial charge in [0, 0.05) is 30.0 Å². The molecule has 2 aromatic heterocycles. The molecule has 9 heteroatoms. The number of pyridine rings is 1. The first-order valence-corrected chi connectivity index (χ1v) is 12.4. The van der Waals surface area contributed by atoms with Crippen molar-refractivity contribution in [1.29, 1.82) is 0 Å². The first-order chi connectivity index (χ1) is 16.2. The van der Waals surface area contributed by atoms with E-state index < -0.39 is 0 Å². The fraction of sp³-hybridized carbons (Fsp3) is 0.375. The van der Waals surface area contributed by atoms with E-state index in [1.165, 1.54) is 11.8 Å². The van der Waals surface area contributed by atoms with Crippen molar-refractivity contribution in [1.82, 2.24) is 25.1 Å². The van der Waals surface area contributed by atoms with Crippen LogP contribution in [0.3, 0.4) is 0 Å². The average Bonchev–Trinajstić information content (AvgIpc) is 3.37. The van der Waals surface area contributed by atoms with Crippen LogP contribution in [0.1, 0.15) is 54.9 Å². The Balaban J connectivity index is 1.25. The summed E-state index contributed by atoms with van der Waals surface area (Å²) in [5.74, 6) is 0.632. The highest BCUT2D eigenvalue weighted by molar-refractivity contribution is 7.99. The second-order valence-corrected chi connectivity index (χ2v) is 9.43. The van der Waals surface area contributed by atoms with Crippen LogP contribution in [0.15, 0.2) is 53.9 Å². The van der Waals surface area contributed by atoms with Crippen LogP contribution in [0, 0.1) is 0 Å². The first kappa shape index (κ1) is 21.6. The van der Waals surface area contributed by atoms with Crippen LogP contribution in [0.4, 0.5) is 5.69 Å². The average molecular weight is 463 g/mol. The zero-order chi connectivity index (χ0) is 22.6. The lowest BCUT2D eigenvalue weighted by molar-refractivity contribution is -0.113. The Kier molecular flexibility index (Phi) is 6.39. The molecule has 0 spiro atoms. The molecule has 0 bridgehead atoms. The van der Waals surface area contributed by atoms with Crippen LogP contribution in [-0.2, 0) is 4.79 Å².